The van der Waals surface area contributed by atoms with Crippen LogP contribution in [0.15, 0.2) is 40.1 Å². The van der Waals surface area contributed by atoms with Crippen LogP contribution in [-0.2, 0) is 13.0 Å². The molecule has 0 N–H and O–H groups in total. The minimum atomic E-state index is -0.0762. The Morgan fingerprint density at radius 2 is 1.88 bits per heavy atom. The molecule has 33 heavy (non-hydrogen) atoms. The molecule has 1 fully saturated rings. The van der Waals surface area contributed by atoms with E-state index in [4.69, 9.17) is 0 Å². The Labute approximate surface area is 200 Å². The average Bonchev–Trinajstić information content (AvgIpc) is 3.46. The number of aliphatic imine (C=N–C) groups is 1. The van der Waals surface area contributed by atoms with Crippen molar-refractivity contribution < 1.29 is 4.79 Å². The zero-order chi connectivity index (χ0) is 22.9. The summed E-state index contributed by atoms with van der Waals surface area (Å²) >= 11 is 3.48. The van der Waals surface area contributed by atoms with Gasteiger partial charge in [-0.25, -0.2) is 9.39 Å². The van der Waals surface area contributed by atoms with Crippen molar-refractivity contribution in [2.45, 2.75) is 57.9 Å². The number of hydrogen-bond donors (Lipinski definition) is 0. The number of aryl methyl sites for hydroxylation is 1. The second-order valence-electron chi connectivity index (χ2n) is 8.76. The van der Waals surface area contributed by atoms with Crippen LogP contribution in [0.25, 0.3) is 5.78 Å². The number of halogens is 1. The first-order valence-electron chi connectivity index (χ1n) is 11.7. The molecule has 0 aliphatic carbocycles. The number of piperidine rings is 1. The molecule has 5 rings (SSSR count). The fraction of sp³-hybridized carbons (Fsp3) is 0.458. The van der Waals surface area contributed by atoms with Crippen LogP contribution in [0.4, 0.5) is 5.82 Å². The smallest absolute Gasteiger partial charge is 0.266 e. The van der Waals surface area contributed by atoms with Gasteiger partial charge in [-0.15, -0.1) is 10.2 Å². The van der Waals surface area contributed by atoms with Crippen LogP contribution in [0, 0.1) is 0 Å². The molecule has 0 saturated carbocycles. The van der Waals surface area contributed by atoms with E-state index in [0.717, 1.165) is 43.3 Å². The van der Waals surface area contributed by atoms with Crippen LogP contribution in [0.3, 0.4) is 0 Å². The third-order valence-corrected chi connectivity index (χ3v) is 7.06. The maximum absolute atomic E-state index is 13.4. The maximum Gasteiger partial charge on any atom is 0.266 e. The molecule has 2 aliphatic rings. The van der Waals surface area contributed by atoms with Crippen molar-refractivity contribution in [3.05, 3.63) is 57.6 Å². The van der Waals surface area contributed by atoms with Crippen LogP contribution in [0.5, 0.6) is 0 Å². The quantitative estimate of drug-likeness (QED) is 0.467. The fourth-order valence-electron chi connectivity index (χ4n) is 4.82. The number of unbranched alkanes of at least 4 members (excludes halogenated alkanes) is 2. The van der Waals surface area contributed by atoms with E-state index in [1.165, 1.54) is 0 Å². The summed E-state index contributed by atoms with van der Waals surface area (Å²) in [5.41, 5.74) is 1.33. The Balaban J connectivity index is 1.43. The second-order valence-corrected chi connectivity index (χ2v) is 9.67. The van der Waals surface area contributed by atoms with Gasteiger partial charge in [-0.05, 0) is 47.3 Å². The van der Waals surface area contributed by atoms with Gasteiger partial charge in [-0.2, -0.15) is 0 Å². The lowest BCUT2D eigenvalue weighted by Gasteiger charge is -2.31. The van der Waals surface area contributed by atoms with Crippen LogP contribution >= 0.6 is 15.9 Å². The molecular formula is C24H27BrN6O2. The number of aromatic nitrogens is 4. The summed E-state index contributed by atoms with van der Waals surface area (Å²) in [6.07, 6.45) is 5.23. The molecule has 1 amide bonds. The highest BCUT2D eigenvalue weighted by Crippen LogP contribution is 2.31. The van der Waals surface area contributed by atoms with Crippen molar-refractivity contribution in [2.24, 2.45) is 4.99 Å². The number of likely N-dealkylation sites (tertiary alicyclic amines) is 1. The van der Waals surface area contributed by atoms with Gasteiger partial charge in [0.1, 0.15) is 11.6 Å². The summed E-state index contributed by atoms with van der Waals surface area (Å²) in [5.74, 6) is 2.12. The highest BCUT2D eigenvalue weighted by atomic mass is 79.9. The molecule has 1 saturated heterocycles. The van der Waals surface area contributed by atoms with E-state index in [-0.39, 0.29) is 17.4 Å². The Bertz CT molecular complexity index is 1270. The average molecular weight is 511 g/mol. The fourth-order valence-corrected chi connectivity index (χ4v) is 5.27. The molecule has 0 radical (unpaired) electrons. The van der Waals surface area contributed by atoms with Crippen LogP contribution in [0.1, 0.15) is 66.7 Å². The predicted molar refractivity (Wildman–Crippen MR) is 131 cm³/mol. The monoisotopic (exact) mass is 510 g/mol. The van der Waals surface area contributed by atoms with Gasteiger partial charge in [0.2, 0.25) is 5.78 Å². The van der Waals surface area contributed by atoms with Crippen molar-refractivity contribution in [1.82, 2.24) is 24.1 Å². The first-order chi connectivity index (χ1) is 16.1. The molecule has 0 unspecified atom stereocenters. The van der Waals surface area contributed by atoms with Gasteiger partial charge < -0.3 is 4.90 Å². The normalized spacial score (nSPS) is 16.3. The van der Waals surface area contributed by atoms with Crippen LogP contribution in [0.2, 0.25) is 0 Å². The molecule has 4 heterocycles. The molecule has 8 nitrogen and oxygen atoms in total. The molecule has 2 aromatic heterocycles. The van der Waals surface area contributed by atoms with E-state index in [2.05, 4.69) is 38.0 Å². The predicted octanol–water partition coefficient (Wildman–Crippen LogP) is 4.08. The molecule has 172 valence electrons. The number of hydrogen-bond acceptors (Lipinski definition) is 5. The van der Waals surface area contributed by atoms with E-state index >= 15 is 0 Å². The minimum Gasteiger partial charge on any atom is -0.339 e. The highest BCUT2D eigenvalue weighted by Gasteiger charge is 2.31. The van der Waals surface area contributed by atoms with Gasteiger partial charge >= 0.3 is 0 Å². The molecule has 9 heteroatoms. The highest BCUT2D eigenvalue weighted by molar-refractivity contribution is 9.18. The third kappa shape index (κ3) is 4.03. The summed E-state index contributed by atoms with van der Waals surface area (Å²) in [4.78, 5) is 32.7. The van der Waals surface area contributed by atoms with E-state index in [1.807, 2.05) is 39.8 Å². The van der Waals surface area contributed by atoms with Gasteiger partial charge in [0.15, 0.2) is 0 Å². The van der Waals surface area contributed by atoms with Crippen molar-refractivity contribution >= 4 is 38.1 Å². The van der Waals surface area contributed by atoms with E-state index in [1.54, 1.807) is 4.40 Å². The topological polar surface area (TPSA) is 84.9 Å². The first kappa shape index (κ1) is 22.0. The van der Waals surface area contributed by atoms with Gasteiger partial charge in [0.25, 0.3) is 11.5 Å². The Kier molecular flexibility index (Phi) is 6.14. The first-order valence-corrected chi connectivity index (χ1v) is 12.5. The number of carbonyl (C=O) groups excluding carboxylic acids is 1. The van der Waals surface area contributed by atoms with Gasteiger partial charge in [-0.3, -0.25) is 14.2 Å². The van der Waals surface area contributed by atoms with E-state index in [0.29, 0.717) is 48.1 Å². The van der Waals surface area contributed by atoms with Crippen LogP contribution in [-0.4, -0.2) is 47.7 Å². The number of nitrogens with zero attached hydrogens (tertiary/aromatic N) is 6. The van der Waals surface area contributed by atoms with E-state index in [9.17, 15) is 9.59 Å². The lowest BCUT2D eigenvalue weighted by molar-refractivity contribution is 0.0711. The standard InChI is InChI=1S/C24H27BrN6O2/c1-2-3-7-12-30-21-18(15-19(25)26-21)23(33)31-20(27-28-24(30)31)16-10-13-29(14-11-16)22(32)17-8-5-4-6-9-17/h4-6,8-9,16H,2-3,7,10-15H2,1H3. The molecule has 3 aromatic rings. The zero-order valence-corrected chi connectivity index (χ0v) is 20.3. The number of amides is 1. The van der Waals surface area contributed by atoms with Crippen LogP contribution < -0.4 is 5.56 Å². The summed E-state index contributed by atoms with van der Waals surface area (Å²) < 4.78 is 4.52. The van der Waals surface area contributed by atoms with Crippen molar-refractivity contribution in [3.63, 3.8) is 0 Å². The summed E-state index contributed by atoms with van der Waals surface area (Å²) in [7, 11) is 0. The van der Waals surface area contributed by atoms with Gasteiger partial charge in [-0.1, -0.05) is 38.0 Å². The summed E-state index contributed by atoms with van der Waals surface area (Å²) in [6, 6.07) is 9.38. The summed E-state index contributed by atoms with van der Waals surface area (Å²) in [5, 5.41) is 8.93. The zero-order valence-electron chi connectivity index (χ0n) is 18.7. The SMILES string of the molecule is CCCCCn1c2c(c(=O)n3c(C4CCN(C(=O)c5ccccc5)CC4)nnc13)CC(Br)=N2. The molecule has 0 bridgehead atoms. The molecule has 1 aromatic carbocycles. The number of benzene rings is 1. The molecule has 2 aliphatic heterocycles. The van der Waals surface area contributed by atoms with Gasteiger partial charge in [0.05, 0.1) is 10.2 Å². The molecule has 0 atom stereocenters. The number of fused-ring (bicyclic) bond motifs is 2. The lowest BCUT2D eigenvalue weighted by atomic mass is 9.95. The maximum atomic E-state index is 13.4. The Morgan fingerprint density at radius 3 is 2.61 bits per heavy atom. The van der Waals surface area contributed by atoms with Gasteiger partial charge in [0, 0.05) is 37.5 Å². The van der Waals surface area contributed by atoms with E-state index < -0.39 is 0 Å². The molecule has 0 spiro atoms. The summed E-state index contributed by atoms with van der Waals surface area (Å²) in [6.45, 7) is 4.20. The third-order valence-electron chi connectivity index (χ3n) is 6.60. The molecular weight excluding hydrogens is 484 g/mol. The Morgan fingerprint density at radius 1 is 1.12 bits per heavy atom. The Hall–Kier alpha value is -2.81. The largest absolute Gasteiger partial charge is 0.339 e. The second kappa shape index (κ2) is 9.21. The van der Waals surface area contributed by atoms with Crippen molar-refractivity contribution in [2.75, 3.05) is 13.1 Å². The van der Waals surface area contributed by atoms with Crippen molar-refractivity contribution in [3.8, 4) is 0 Å². The number of carbonyl (C=O) groups is 1. The van der Waals surface area contributed by atoms with Crippen molar-refractivity contribution in [1.29, 1.82) is 0 Å². The lowest BCUT2D eigenvalue weighted by Crippen LogP contribution is -2.38. The minimum absolute atomic E-state index is 0.0539. The number of rotatable bonds is 6.